The summed E-state index contributed by atoms with van der Waals surface area (Å²) in [5.41, 5.74) is 2.49. The Kier molecular flexibility index (Phi) is 6.29. The van der Waals surface area contributed by atoms with Crippen molar-refractivity contribution in [2.24, 2.45) is 5.92 Å². The summed E-state index contributed by atoms with van der Waals surface area (Å²) < 4.78 is 5.79. The lowest BCUT2D eigenvalue weighted by Crippen LogP contribution is -2.20. The van der Waals surface area contributed by atoms with Crippen molar-refractivity contribution < 1.29 is 4.74 Å². The highest BCUT2D eigenvalue weighted by Gasteiger charge is 1.99. The van der Waals surface area contributed by atoms with Crippen LogP contribution in [0, 0.1) is 5.92 Å². The molecule has 1 N–H and O–H groups in total. The minimum Gasteiger partial charge on any atom is -0.489 e. The Morgan fingerprint density at radius 2 is 1.67 bits per heavy atom. The van der Waals surface area contributed by atoms with Gasteiger partial charge in [0.2, 0.25) is 0 Å². The lowest BCUT2D eigenvalue weighted by Gasteiger charge is -2.11. The third-order valence-electron chi connectivity index (χ3n) is 3.69. The molecular weight excluding hydrogens is 258 g/mol. The standard InChI is InChI=1S/C19H25NO/c1-3-16(2)13-20-14-17-9-11-19(12-10-17)21-15-18-7-5-4-6-8-18/h4-12,16,20H,3,13-15H2,1-2H3. The zero-order valence-corrected chi connectivity index (χ0v) is 13.0. The largest absolute Gasteiger partial charge is 0.489 e. The van der Waals surface area contributed by atoms with E-state index < -0.39 is 0 Å². The fourth-order valence-corrected chi connectivity index (χ4v) is 2.05. The molecule has 0 spiro atoms. The van der Waals surface area contributed by atoms with Crippen LogP contribution in [-0.4, -0.2) is 6.54 Å². The molecule has 0 amide bonds. The Bertz CT molecular complexity index is 507. The summed E-state index contributed by atoms with van der Waals surface area (Å²) in [6, 6.07) is 18.6. The molecule has 0 aliphatic rings. The van der Waals surface area contributed by atoms with Gasteiger partial charge in [-0.2, -0.15) is 0 Å². The predicted molar refractivity (Wildman–Crippen MR) is 88.4 cm³/mol. The maximum absolute atomic E-state index is 5.79. The molecule has 0 radical (unpaired) electrons. The highest BCUT2D eigenvalue weighted by molar-refractivity contribution is 5.27. The Balaban J connectivity index is 1.76. The smallest absolute Gasteiger partial charge is 0.119 e. The highest BCUT2D eigenvalue weighted by atomic mass is 16.5. The average molecular weight is 283 g/mol. The van der Waals surface area contributed by atoms with Gasteiger partial charge in [-0.25, -0.2) is 0 Å². The van der Waals surface area contributed by atoms with Crippen LogP contribution in [0.25, 0.3) is 0 Å². The lowest BCUT2D eigenvalue weighted by atomic mass is 10.1. The molecule has 2 aromatic carbocycles. The molecule has 0 aliphatic carbocycles. The van der Waals surface area contributed by atoms with Crippen LogP contribution in [-0.2, 0) is 13.2 Å². The van der Waals surface area contributed by atoms with E-state index in [1.807, 2.05) is 30.3 Å². The van der Waals surface area contributed by atoms with Gasteiger partial charge >= 0.3 is 0 Å². The highest BCUT2D eigenvalue weighted by Crippen LogP contribution is 2.14. The fraction of sp³-hybridized carbons (Fsp3) is 0.368. The van der Waals surface area contributed by atoms with Crippen LogP contribution >= 0.6 is 0 Å². The quantitative estimate of drug-likeness (QED) is 0.775. The third-order valence-corrected chi connectivity index (χ3v) is 3.69. The van der Waals surface area contributed by atoms with Crippen LogP contribution in [0.5, 0.6) is 5.75 Å². The second-order valence-electron chi connectivity index (χ2n) is 5.56. The molecule has 2 nitrogen and oxygen atoms in total. The van der Waals surface area contributed by atoms with Gasteiger partial charge in [-0.15, -0.1) is 0 Å². The molecule has 21 heavy (non-hydrogen) atoms. The maximum Gasteiger partial charge on any atom is 0.119 e. The summed E-state index contributed by atoms with van der Waals surface area (Å²) in [5.74, 6) is 1.66. The molecule has 2 heteroatoms. The van der Waals surface area contributed by atoms with Gasteiger partial charge in [0.1, 0.15) is 12.4 Å². The van der Waals surface area contributed by atoms with Crippen molar-refractivity contribution >= 4 is 0 Å². The van der Waals surface area contributed by atoms with Gasteiger partial charge in [0.15, 0.2) is 0 Å². The third kappa shape index (κ3) is 5.60. The van der Waals surface area contributed by atoms with Crippen molar-refractivity contribution in [3.8, 4) is 5.75 Å². The van der Waals surface area contributed by atoms with Crippen molar-refractivity contribution in [3.63, 3.8) is 0 Å². The number of hydrogen-bond donors (Lipinski definition) is 1. The number of nitrogens with one attached hydrogen (secondary N) is 1. The van der Waals surface area contributed by atoms with Crippen LogP contribution in [0.4, 0.5) is 0 Å². The molecule has 0 aromatic heterocycles. The molecule has 2 rings (SSSR count). The van der Waals surface area contributed by atoms with E-state index in [0.29, 0.717) is 6.61 Å². The molecule has 0 heterocycles. The Morgan fingerprint density at radius 1 is 0.952 bits per heavy atom. The summed E-state index contributed by atoms with van der Waals surface area (Å²) in [4.78, 5) is 0. The molecule has 0 aliphatic heterocycles. The van der Waals surface area contributed by atoms with E-state index in [9.17, 15) is 0 Å². The van der Waals surface area contributed by atoms with Gasteiger partial charge in [-0.1, -0.05) is 62.7 Å². The molecule has 0 bridgehead atoms. The second-order valence-corrected chi connectivity index (χ2v) is 5.56. The Morgan fingerprint density at radius 3 is 2.33 bits per heavy atom. The molecule has 112 valence electrons. The van der Waals surface area contributed by atoms with Crippen molar-refractivity contribution in [3.05, 3.63) is 65.7 Å². The predicted octanol–water partition coefficient (Wildman–Crippen LogP) is 4.40. The van der Waals surface area contributed by atoms with Crippen molar-refractivity contribution in [2.75, 3.05) is 6.54 Å². The molecule has 2 aromatic rings. The van der Waals surface area contributed by atoms with Crippen molar-refractivity contribution in [2.45, 2.75) is 33.4 Å². The minimum absolute atomic E-state index is 0.618. The molecule has 0 saturated heterocycles. The first-order chi connectivity index (χ1) is 10.3. The summed E-state index contributed by atoms with van der Waals surface area (Å²) in [6.45, 7) is 7.11. The number of rotatable bonds is 8. The SMILES string of the molecule is CCC(C)CNCc1ccc(OCc2ccccc2)cc1. The van der Waals surface area contributed by atoms with E-state index in [4.69, 9.17) is 4.74 Å². The normalized spacial score (nSPS) is 12.1. The number of hydrogen-bond acceptors (Lipinski definition) is 2. The van der Waals surface area contributed by atoms with Gasteiger partial charge in [0, 0.05) is 6.54 Å². The number of benzene rings is 2. The van der Waals surface area contributed by atoms with Crippen LogP contribution in [0.2, 0.25) is 0 Å². The minimum atomic E-state index is 0.618. The maximum atomic E-state index is 5.79. The van der Waals surface area contributed by atoms with Crippen molar-refractivity contribution in [1.29, 1.82) is 0 Å². The van der Waals surface area contributed by atoms with E-state index in [1.54, 1.807) is 0 Å². The van der Waals surface area contributed by atoms with E-state index in [1.165, 1.54) is 17.5 Å². The summed E-state index contributed by atoms with van der Waals surface area (Å²) in [7, 11) is 0. The second kappa shape index (κ2) is 8.48. The summed E-state index contributed by atoms with van der Waals surface area (Å²) in [6.07, 6.45) is 1.22. The molecule has 0 fully saturated rings. The van der Waals surface area contributed by atoms with E-state index in [0.717, 1.165) is 24.8 Å². The zero-order valence-electron chi connectivity index (χ0n) is 13.0. The zero-order chi connectivity index (χ0) is 14.9. The van der Waals surface area contributed by atoms with Crippen LogP contribution in [0.15, 0.2) is 54.6 Å². The fourth-order valence-electron chi connectivity index (χ4n) is 2.05. The number of ether oxygens (including phenoxy) is 1. The lowest BCUT2D eigenvalue weighted by molar-refractivity contribution is 0.306. The van der Waals surface area contributed by atoms with Crippen molar-refractivity contribution in [1.82, 2.24) is 5.32 Å². The van der Waals surface area contributed by atoms with Gasteiger partial charge < -0.3 is 10.1 Å². The Hall–Kier alpha value is -1.80. The van der Waals surface area contributed by atoms with Crippen LogP contribution in [0.1, 0.15) is 31.4 Å². The molecule has 0 saturated carbocycles. The molecule has 1 unspecified atom stereocenters. The average Bonchev–Trinajstić information content (AvgIpc) is 2.55. The van der Waals surface area contributed by atoms with Gasteiger partial charge in [0.05, 0.1) is 0 Å². The summed E-state index contributed by atoms with van der Waals surface area (Å²) >= 11 is 0. The van der Waals surface area contributed by atoms with Gasteiger partial charge in [-0.3, -0.25) is 0 Å². The Labute approximate surface area is 128 Å². The monoisotopic (exact) mass is 283 g/mol. The molecule has 1 atom stereocenters. The van der Waals surface area contributed by atoms with E-state index in [2.05, 4.69) is 43.4 Å². The first kappa shape index (κ1) is 15.6. The van der Waals surface area contributed by atoms with Crippen LogP contribution in [0.3, 0.4) is 0 Å². The van der Waals surface area contributed by atoms with E-state index in [-0.39, 0.29) is 0 Å². The first-order valence-electron chi connectivity index (χ1n) is 7.74. The molecular formula is C19H25NO. The van der Waals surface area contributed by atoms with Gasteiger partial charge in [0.25, 0.3) is 0 Å². The van der Waals surface area contributed by atoms with E-state index >= 15 is 0 Å². The summed E-state index contributed by atoms with van der Waals surface area (Å²) in [5, 5.41) is 3.49. The van der Waals surface area contributed by atoms with Gasteiger partial charge in [-0.05, 0) is 35.7 Å². The van der Waals surface area contributed by atoms with Crippen LogP contribution < -0.4 is 10.1 Å². The topological polar surface area (TPSA) is 21.3 Å². The first-order valence-corrected chi connectivity index (χ1v) is 7.74.